The third-order valence-electron chi connectivity index (χ3n) is 1.78. The maximum atomic E-state index is 11.9. The van der Waals surface area contributed by atoms with Crippen LogP contribution in [0.5, 0.6) is 5.75 Å². The number of hydrogen-bond acceptors (Lipinski definition) is 3. The molecule has 0 aliphatic carbocycles. The largest absolute Gasteiger partial charge is 0.496 e. The molecule has 0 N–H and O–H groups in total. The van der Waals surface area contributed by atoms with E-state index in [1.54, 1.807) is 12.1 Å². The van der Waals surface area contributed by atoms with Crippen molar-refractivity contribution in [3.8, 4) is 5.75 Å². The highest BCUT2D eigenvalue weighted by Gasteiger charge is 2.21. The van der Waals surface area contributed by atoms with E-state index in [-0.39, 0.29) is 5.97 Å². The summed E-state index contributed by atoms with van der Waals surface area (Å²) in [6.45, 7) is 5.49. The highest BCUT2D eigenvalue weighted by atomic mass is 79.9. The minimum absolute atomic E-state index is 0.384. The topological polar surface area (TPSA) is 35.5 Å². The van der Waals surface area contributed by atoms with Gasteiger partial charge in [0, 0.05) is 4.47 Å². The Kier molecular flexibility index (Phi) is 3.97. The molecule has 3 nitrogen and oxygen atoms in total. The van der Waals surface area contributed by atoms with Gasteiger partial charge in [0.15, 0.2) is 0 Å². The summed E-state index contributed by atoms with van der Waals surface area (Å²) in [5.74, 6) is 0.128. The summed E-state index contributed by atoms with van der Waals surface area (Å²) < 4.78 is 11.2. The SMILES string of the molecule is COc1ccc(Br)cc1C(=O)OC(C)(C)C. The van der Waals surface area contributed by atoms with Crippen LogP contribution in [0.1, 0.15) is 31.1 Å². The molecule has 1 aromatic rings. The van der Waals surface area contributed by atoms with Crippen molar-refractivity contribution in [2.75, 3.05) is 7.11 Å². The highest BCUT2D eigenvalue weighted by Crippen LogP contribution is 2.25. The Hall–Kier alpha value is -1.03. The number of methoxy groups -OCH3 is 1. The van der Waals surface area contributed by atoms with Gasteiger partial charge in [0.05, 0.1) is 7.11 Å². The van der Waals surface area contributed by atoms with Gasteiger partial charge in [-0.2, -0.15) is 0 Å². The van der Waals surface area contributed by atoms with Crippen molar-refractivity contribution in [3.63, 3.8) is 0 Å². The fraction of sp³-hybridized carbons (Fsp3) is 0.417. The monoisotopic (exact) mass is 286 g/mol. The van der Waals surface area contributed by atoms with Crippen LogP contribution < -0.4 is 4.74 Å². The van der Waals surface area contributed by atoms with Gasteiger partial charge in [-0.1, -0.05) is 15.9 Å². The summed E-state index contributed by atoms with van der Waals surface area (Å²) >= 11 is 3.31. The number of rotatable bonds is 2. The third-order valence-corrected chi connectivity index (χ3v) is 2.27. The molecule has 4 heteroatoms. The van der Waals surface area contributed by atoms with Gasteiger partial charge in [-0.05, 0) is 39.0 Å². The van der Waals surface area contributed by atoms with Crippen LogP contribution in [0.3, 0.4) is 0 Å². The van der Waals surface area contributed by atoms with Gasteiger partial charge in [0.1, 0.15) is 16.9 Å². The van der Waals surface area contributed by atoms with E-state index in [4.69, 9.17) is 9.47 Å². The molecule has 0 saturated carbocycles. The lowest BCUT2D eigenvalue weighted by atomic mass is 10.1. The first kappa shape index (κ1) is 13.0. The second kappa shape index (κ2) is 4.87. The quantitative estimate of drug-likeness (QED) is 0.782. The van der Waals surface area contributed by atoms with Gasteiger partial charge in [0.25, 0.3) is 0 Å². The first-order valence-corrected chi connectivity index (χ1v) is 5.69. The number of carbonyl (C=O) groups is 1. The van der Waals surface area contributed by atoms with Crippen LogP contribution in [0, 0.1) is 0 Å². The minimum atomic E-state index is -0.510. The Morgan fingerprint density at radius 1 is 1.31 bits per heavy atom. The van der Waals surface area contributed by atoms with Crippen molar-refractivity contribution in [1.82, 2.24) is 0 Å². The first-order chi connectivity index (χ1) is 7.33. The summed E-state index contributed by atoms with van der Waals surface area (Å²) in [6, 6.07) is 5.23. The Morgan fingerprint density at radius 3 is 2.44 bits per heavy atom. The van der Waals surface area contributed by atoms with Crippen molar-refractivity contribution in [1.29, 1.82) is 0 Å². The van der Waals surface area contributed by atoms with E-state index < -0.39 is 5.60 Å². The average molecular weight is 287 g/mol. The van der Waals surface area contributed by atoms with Crippen LogP contribution in [0.2, 0.25) is 0 Å². The Bertz CT molecular complexity index is 394. The Morgan fingerprint density at radius 2 is 1.94 bits per heavy atom. The second-order valence-corrected chi connectivity index (χ2v) is 5.26. The predicted octanol–water partition coefficient (Wildman–Crippen LogP) is 3.41. The van der Waals surface area contributed by atoms with E-state index in [1.807, 2.05) is 26.8 Å². The lowest BCUT2D eigenvalue weighted by Gasteiger charge is -2.20. The zero-order valence-electron chi connectivity index (χ0n) is 9.83. The normalized spacial score (nSPS) is 11.1. The summed E-state index contributed by atoms with van der Waals surface area (Å²) in [7, 11) is 1.52. The molecule has 0 atom stereocenters. The fourth-order valence-corrected chi connectivity index (χ4v) is 1.53. The molecule has 88 valence electrons. The van der Waals surface area contributed by atoms with Crippen LogP contribution in [-0.2, 0) is 4.74 Å². The zero-order chi connectivity index (χ0) is 12.3. The van der Waals surface area contributed by atoms with Crippen LogP contribution >= 0.6 is 15.9 Å². The summed E-state index contributed by atoms with van der Waals surface area (Å²) in [4.78, 5) is 11.9. The Balaban J connectivity index is 3.02. The smallest absolute Gasteiger partial charge is 0.342 e. The van der Waals surface area contributed by atoms with Crippen molar-refractivity contribution in [2.24, 2.45) is 0 Å². The molecule has 0 amide bonds. The molecule has 0 saturated heterocycles. The number of halogens is 1. The van der Waals surface area contributed by atoms with Crippen molar-refractivity contribution in [2.45, 2.75) is 26.4 Å². The summed E-state index contributed by atoms with van der Waals surface area (Å²) in [5, 5.41) is 0. The van der Waals surface area contributed by atoms with Crippen LogP contribution in [-0.4, -0.2) is 18.7 Å². The van der Waals surface area contributed by atoms with Gasteiger partial charge >= 0.3 is 5.97 Å². The summed E-state index contributed by atoms with van der Waals surface area (Å²) in [6.07, 6.45) is 0. The van der Waals surface area contributed by atoms with Gasteiger partial charge < -0.3 is 9.47 Å². The molecule has 0 heterocycles. The molecule has 0 aromatic heterocycles. The highest BCUT2D eigenvalue weighted by molar-refractivity contribution is 9.10. The molecular weight excluding hydrogens is 272 g/mol. The number of carbonyl (C=O) groups excluding carboxylic acids is 1. The lowest BCUT2D eigenvalue weighted by molar-refractivity contribution is 0.00665. The number of ether oxygens (including phenoxy) is 2. The predicted molar refractivity (Wildman–Crippen MR) is 65.9 cm³/mol. The zero-order valence-corrected chi connectivity index (χ0v) is 11.4. The average Bonchev–Trinajstić information content (AvgIpc) is 2.15. The maximum Gasteiger partial charge on any atom is 0.342 e. The molecule has 16 heavy (non-hydrogen) atoms. The molecule has 0 spiro atoms. The van der Waals surface area contributed by atoms with Gasteiger partial charge in [0.2, 0.25) is 0 Å². The molecule has 0 radical (unpaired) electrons. The number of esters is 1. The molecule has 1 aromatic carbocycles. The fourth-order valence-electron chi connectivity index (χ4n) is 1.17. The van der Waals surface area contributed by atoms with Crippen LogP contribution in [0.25, 0.3) is 0 Å². The van der Waals surface area contributed by atoms with E-state index in [0.29, 0.717) is 11.3 Å². The van der Waals surface area contributed by atoms with E-state index >= 15 is 0 Å². The van der Waals surface area contributed by atoms with Gasteiger partial charge in [-0.3, -0.25) is 0 Å². The third kappa shape index (κ3) is 3.52. The number of hydrogen-bond donors (Lipinski definition) is 0. The standard InChI is InChI=1S/C12H15BrO3/c1-12(2,3)16-11(14)9-7-8(13)5-6-10(9)15-4/h5-7H,1-4H3. The summed E-state index contributed by atoms with van der Waals surface area (Å²) in [5.41, 5.74) is -0.0865. The molecule has 0 fully saturated rings. The molecule has 0 unspecified atom stereocenters. The van der Waals surface area contributed by atoms with Gasteiger partial charge in [-0.15, -0.1) is 0 Å². The molecule has 0 aliphatic heterocycles. The van der Waals surface area contributed by atoms with Crippen LogP contribution in [0.15, 0.2) is 22.7 Å². The Labute approximate surface area is 104 Å². The molecule has 0 aliphatic rings. The minimum Gasteiger partial charge on any atom is -0.496 e. The van der Waals surface area contributed by atoms with E-state index in [0.717, 1.165) is 4.47 Å². The maximum absolute atomic E-state index is 11.9. The molecule has 0 bridgehead atoms. The van der Waals surface area contributed by atoms with Crippen molar-refractivity contribution < 1.29 is 14.3 Å². The number of benzene rings is 1. The van der Waals surface area contributed by atoms with Gasteiger partial charge in [-0.25, -0.2) is 4.79 Å². The van der Waals surface area contributed by atoms with Crippen molar-refractivity contribution in [3.05, 3.63) is 28.2 Å². The van der Waals surface area contributed by atoms with Crippen LogP contribution in [0.4, 0.5) is 0 Å². The van der Waals surface area contributed by atoms with E-state index in [2.05, 4.69) is 15.9 Å². The van der Waals surface area contributed by atoms with E-state index in [1.165, 1.54) is 7.11 Å². The lowest BCUT2D eigenvalue weighted by Crippen LogP contribution is -2.24. The molecular formula is C12H15BrO3. The second-order valence-electron chi connectivity index (χ2n) is 4.35. The van der Waals surface area contributed by atoms with E-state index in [9.17, 15) is 4.79 Å². The molecule has 1 rings (SSSR count). The first-order valence-electron chi connectivity index (χ1n) is 4.90. The van der Waals surface area contributed by atoms with Crippen molar-refractivity contribution >= 4 is 21.9 Å².